The largest absolute Gasteiger partial charge is 0.493 e. The number of likely N-dealkylation sites (tertiary alicyclic amines) is 1. The van der Waals surface area contributed by atoms with Crippen LogP contribution in [0.2, 0.25) is 0 Å². The number of aliphatic imine (C=N–C) groups is 1. The summed E-state index contributed by atoms with van der Waals surface area (Å²) in [5.41, 5.74) is 2.13. The van der Waals surface area contributed by atoms with E-state index < -0.39 is 0 Å². The average molecular weight is 574 g/mol. The third kappa shape index (κ3) is 7.77. The number of anilines is 1. The van der Waals surface area contributed by atoms with Gasteiger partial charge in [-0.1, -0.05) is 6.92 Å². The van der Waals surface area contributed by atoms with E-state index in [0.29, 0.717) is 18.3 Å². The van der Waals surface area contributed by atoms with E-state index >= 15 is 0 Å². The quantitative estimate of drug-likeness (QED) is 0.259. The third-order valence-corrected chi connectivity index (χ3v) is 6.54. The normalized spacial score (nSPS) is 15.2. The van der Waals surface area contributed by atoms with E-state index in [1.165, 1.54) is 23.5 Å². The first kappa shape index (κ1) is 26.7. The molecule has 0 atom stereocenters. The first-order valence-corrected chi connectivity index (χ1v) is 12.0. The lowest BCUT2D eigenvalue weighted by Crippen LogP contribution is -2.40. The van der Waals surface area contributed by atoms with Gasteiger partial charge in [0.05, 0.1) is 24.4 Å². The fourth-order valence-electron chi connectivity index (χ4n) is 3.74. The van der Waals surface area contributed by atoms with Crippen LogP contribution in [0.3, 0.4) is 0 Å². The van der Waals surface area contributed by atoms with E-state index in [2.05, 4.69) is 32.8 Å². The maximum Gasteiger partial charge on any atom is 0.195 e. The van der Waals surface area contributed by atoms with Gasteiger partial charge in [-0.25, -0.2) is 4.98 Å². The van der Waals surface area contributed by atoms with E-state index in [4.69, 9.17) is 14.5 Å². The van der Waals surface area contributed by atoms with Crippen molar-refractivity contribution in [1.82, 2.24) is 15.2 Å². The zero-order chi connectivity index (χ0) is 22.1. The van der Waals surface area contributed by atoms with Crippen LogP contribution in [0.15, 0.2) is 28.6 Å². The molecule has 9 heteroatoms. The molecule has 1 saturated heterocycles. The van der Waals surface area contributed by atoms with E-state index in [9.17, 15) is 0 Å². The third-order valence-electron chi connectivity index (χ3n) is 5.50. The van der Waals surface area contributed by atoms with Crippen molar-refractivity contribution in [3.8, 4) is 11.5 Å². The van der Waals surface area contributed by atoms with E-state index in [1.807, 2.05) is 25.1 Å². The van der Waals surface area contributed by atoms with E-state index in [-0.39, 0.29) is 24.0 Å². The van der Waals surface area contributed by atoms with E-state index in [0.717, 1.165) is 50.0 Å². The summed E-state index contributed by atoms with van der Waals surface area (Å²) >= 11 is 1.78. The summed E-state index contributed by atoms with van der Waals surface area (Å²) in [6.07, 6.45) is 3.40. The molecule has 2 heterocycles. The monoisotopic (exact) mass is 573 g/mol. The zero-order valence-corrected chi connectivity index (χ0v) is 22.7. The van der Waals surface area contributed by atoms with Crippen LogP contribution in [0.5, 0.6) is 11.5 Å². The Morgan fingerprint density at radius 2 is 2.03 bits per heavy atom. The number of nitrogens with zero attached hydrogens (tertiary/aromatic N) is 3. The van der Waals surface area contributed by atoms with Crippen LogP contribution in [0.4, 0.5) is 5.69 Å². The van der Waals surface area contributed by atoms with Gasteiger partial charge in [-0.2, -0.15) is 0 Å². The number of piperidine rings is 1. The van der Waals surface area contributed by atoms with Crippen LogP contribution < -0.4 is 20.1 Å². The molecule has 0 aliphatic carbocycles. The highest BCUT2D eigenvalue weighted by Crippen LogP contribution is 2.30. The molecule has 2 aromatic rings. The number of guanidine groups is 1. The number of ether oxygens (including phenoxy) is 2. The molecular weight excluding hydrogens is 537 g/mol. The molecule has 1 aliphatic rings. The number of nitrogens with one attached hydrogen (secondary N) is 2. The molecule has 1 fully saturated rings. The first-order valence-electron chi connectivity index (χ1n) is 11.1. The zero-order valence-electron chi connectivity index (χ0n) is 19.5. The molecule has 0 saturated carbocycles. The topological polar surface area (TPSA) is 71.0 Å². The summed E-state index contributed by atoms with van der Waals surface area (Å²) < 4.78 is 11.0. The van der Waals surface area contributed by atoms with Crippen molar-refractivity contribution >= 4 is 47.0 Å². The molecule has 178 valence electrons. The molecule has 0 unspecified atom stereocenters. The highest BCUT2D eigenvalue weighted by Gasteiger charge is 2.20. The van der Waals surface area contributed by atoms with Crippen LogP contribution in [0.25, 0.3) is 0 Å². The predicted octanol–water partition coefficient (Wildman–Crippen LogP) is 4.63. The summed E-state index contributed by atoms with van der Waals surface area (Å²) in [4.78, 5) is 11.6. The summed E-state index contributed by atoms with van der Waals surface area (Å²) in [5, 5.41) is 10.3. The van der Waals surface area contributed by atoms with Crippen molar-refractivity contribution in [3.63, 3.8) is 0 Å². The Morgan fingerprint density at radius 3 is 2.66 bits per heavy atom. The number of rotatable bonds is 9. The van der Waals surface area contributed by atoms with Crippen molar-refractivity contribution in [1.29, 1.82) is 0 Å². The second-order valence-electron chi connectivity index (χ2n) is 7.68. The molecule has 1 aliphatic heterocycles. The molecule has 1 aromatic carbocycles. The molecular formula is C23H36IN5O2S. The Hall–Kier alpha value is -1.59. The minimum absolute atomic E-state index is 0. The Kier molecular flexibility index (Phi) is 11.5. The lowest BCUT2D eigenvalue weighted by atomic mass is 9.97. The number of benzene rings is 1. The molecule has 0 spiro atoms. The molecule has 2 N–H and O–H groups in total. The minimum Gasteiger partial charge on any atom is -0.493 e. The van der Waals surface area contributed by atoms with Gasteiger partial charge in [0.15, 0.2) is 17.5 Å². The molecule has 3 rings (SSSR count). The fourth-order valence-corrected chi connectivity index (χ4v) is 4.47. The lowest BCUT2D eigenvalue weighted by Gasteiger charge is -2.31. The maximum atomic E-state index is 5.59. The average Bonchev–Trinajstić information content (AvgIpc) is 3.26. The number of halogens is 1. The lowest BCUT2D eigenvalue weighted by molar-refractivity contribution is 0.176. The number of hydrogen-bond acceptors (Lipinski definition) is 6. The van der Waals surface area contributed by atoms with Gasteiger partial charge in [-0.3, -0.25) is 9.89 Å². The predicted molar refractivity (Wildman–Crippen MR) is 144 cm³/mol. The smallest absolute Gasteiger partial charge is 0.195 e. The molecule has 0 amide bonds. The van der Waals surface area contributed by atoms with Crippen molar-refractivity contribution in [3.05, 3.63) is 34.3 Å². The van der Waals surface area contributed by atoms with Crippen LogP contribution in [-0.4, -0.2) is 56.2 Å². The van der Waals surface area contributed by atoms with Gasteiger partial charge in [0.1, 0.15) is 0 Å². The van der Waals surface area contributed by atoms with E-state index in [1.54, 1.807) is 25.5 Å². The second-order valence-corrected chi connectivity index (χ2v) is 8.63. The standard InChI is InChI=1S/C23H35N5O2S.HI/c1-5-22-26-19(16-31-22)15-28-11-9-17(10-12-28)14-25-23(24-3)27-18-7-8-20(30-6-2)21(13-18)29-4;/h7-8,13,16-17H,5-6,9-12,14-15H2,1-4H3,(H2,24,25,27);1H. The van der Waals surface area contributed by atoms with Gasteiger partial charge in [0.25, 0.3) is 0 Å². The van der Waals surface area contributed by atoms with Crippen molar-refractivity contribution in [2.45, 2.75) is 39.7 Å². The number of hydrogen-bond donors (Lipinski definition) is 2. The summed E-state index contributed by atoms with van der Waals surface area (Å²) in [6.45, 7) is 8.85. The molecule has 0 radical (unpaired) electrons. The molecule has 1 aromatic heterocycles. The second kappa shape index (κ2) is 13.8. The summed E-state index contributed by atoms with van der Waals surface area (Å²) in [5.74, 6) is 2.86. The Labute approximate surface area is 213 Å². The van der Waals surface area contributed by atoms with Gasteiger partial charge < -0.3 is 20.1 Å². The number of aromatic nitrogens is 1. The Morgan fingerprint density at radius 1 is 1.25 bits per heavy atom. The maximum absolute atomic E-state index is 5.59. The van der Waals surface area contributed by atoms with Crippen LogP contribution in [0.1, 0.15) is 37.4 Å². The number of aryl methyl sites for hydroxylation is 1. The van der Waals surface area contributed by atoms with Crippen molar-refractivity contribution < 1.29 is 9.47 Å². The highest BCUT2D eigenvalue weighted by atomic mass is 127. The van der Waals surface area contributed by atoms with Gasteiger partial charge in [-0.05, 0) is 57.3 Å². The van der Waals surface area contributed by atoms with Crippen molar-refractivity contribution in [2.24, 2.45) is 10.9 Å². The van der Waals surface area contributed by atoms with Gasteiger partial charge in [0.2, 0.25) is 0 Å². The number of thiazole rings is 1. The van der Waals surface area contributed by atoms with Crippen LogP contribution in [0, 0.1) is 5.92 Å². The van der Waals surface area contributed by atoms with Crippen LogP contribution in [-0.2, 0) is 13.0 Å². The van der Waals surface area contributed by atoms with Gasteiger partial charge >= 0.3 is 0 Å². The molecule has 7 nitrogen and oxygen atoms in total. The molecule has 32 heavy (non-hydrogen) atoms. The minimum atomic E-state index is 0. The van der Waals surface area contributed by atoms with Gasteiger partial charge in [-0.15, -0.1) is 35.3 Å². The summed E-state index contributed by atoms with van der Waals surface area (Å²) in [6, 6.07) is 5.82. The Balaban J connectivity index is 0.00000363. The summed E-state index contributed by atoms with van der Waals surface area (Å²) in [7, 11) is 3.44. The highest BCUT2D eigenvalue weighted by molar-refractivity contribution is 14.0. The number of methoxy groups -OCH3 is 1. The van der Waals surface area contributed by atoms with Crippen LogP contribution >= 0.6 is 35.3 Å². The Bertz CT molecular complexity index is 853. The fraction of sp³-hybridized carbons (Fsp3) is 0.565. The molecule has 0 bridgehead atoms. The van der Waals surface area contributed by atoms with Crippen molar-refractivity contribution in [2.75, 3.05) is 45.7 Å². The van der Waals surface area contributed by atoms with Gasteiger partial charge in [0, 0.05) is 37.3 Å². The first-order chi connectivity index (χ1) is 15.1. The SMILES string of the molecule is CCOc1ccc(NC(=NC)NCC2CCN(Cc3csc(CC)n3)CC2)cc1OC.I.